The van der Waals surface area contributed by atoms with Crippen LogP contribution in [0.3, 0.4) is 0 Å². The van der Waals surface area contributed by atoms with Gasteiger partial charge in [0.2, 0.25) is 0 Å². The maximum atomic E-state index is 12.6. The van der Waals surface area contributed by atoms with E-state index >= 15 is 0 Å². The minimum Gasteiger partial charge on any atom is -0.494 e. The molecule has 0 atom stereocenters. The molecular weight excluding hydrogens is 394 g/mol. The van der Waals surface area contributed by atoms with Crippen molar-refractivity contribution < 1.29 is 9.53 Å². The summed E-state index contributed by atoms with van der Waals surface area (Å²) in [5.41, 5.74) is 4.98. The molecule has 0 spiro atoms. The smallest absolute Gasteiger partial charge is 0.255 e. The van der Waals surface area contributed by atoms with Crippen LogP contribution in [0.1, 0.15) is 68.3 Å². The van der Waals surface area contributed by atoms with Crippen LogP contribution in [0.2, 0.25) is 0 Å². The number of unbranched alkanes of at least 4 members (excludes halogenated alkanes) is 4. The fourth-order valence-electron chi connectivity index (χ4n) is 3.64. The maximum absolute atomic E-state index is 12.6. The van der Waals surface area contributed by atoms with Crippen molar-refractivity contribution in [1.29, 1.82) is 0 Å². The van der Waals surface area contributed by atoms with Crippen molar-refractivity contribution in [2.45, 2.75) is 58.8 Å². The molecule has 0 heterocycles. The first-order valence-corrected chi connectivity index (χ1v) is 11.9. The number of anilines is 1. The fraction of sp³-hybridized carbons (Fsp3) is 0.345. The average Bonchev–Trinajstić information content (AvgIpc) is 2.84. The first-order valence-electron chi connectivity index (χ1n) is 11.9. The van der Waals surface area contributed by atoms with E-state index in [-0.39, 0.29) is 5.91 Å². The summed E-state index contributed by atoms with van der Waals surface area (Å²) in [7, 11) is 0. The van der Waals surface area contributed by atoms with Crippen LogP contribution in [0.4, 0.5) is 5.69 Å². The standard InChI is InChI=1S/C29H35NO2/c1-3-5-7-9-23-10-18-27(19-11-23)30-29(31)26-14-12-24(13-15-26)25-16-20-28(21-17-25)32-22-8-6-4-2/h10-21H,3-9,22H2,1-2H3,(H,30,31). The molecule has 3 rings (SSSR count). The molecule has 3 nitrogen and oxygen atoms in total. The zero-order valence-electron chi connectivity index (χ0n) is 19.4. The van der Waals surface area contributed by atoms with E-state index in [9.17, 15) is 4.79 Å². The van der Waals surface area contributed by atoms with Crippen LogP contribution >= 0.6 is 0 Å². The highest BCUT2D eigenvalue weighted by molar-refractivity contribution is 6.04. The SMILES string of the molecule is CCCCCOc1ccc(-c2ccc(C(=O)Nc3ccc(CCCCC)cc3)cc2)cc1. The highest BCUT2D eigenvalue weighted by Crippen LogP contribution is 2.23. The van der Waals surface area contributed by atoms with E-state index in [2.05, 4.69) is 43.4 Å². The Morgan fingerprint density at radius 2 is 1.31 bits per heavy atom. The molecule has 3 heteroatoms. The Bertz CT molecular complexity index is 944. The molecule has 0 aliphatic carbocycles. The van der Waals surface area contributed by atoms with Crippen molar-refractivity contribution in [2.75, 3.05) is 11.9 Å². The first-order chi connectivity index (χ1) is 15.7. The van der Waals surface area contributed by atoms with Crippen molar-refractivity contribution >= 4 is 11.6 Å². The number of nitrogens with one attached hydrogen (secondary N) is 1. The van der Waals surface area contributed by atoms with Crippen LogP contribution in [-0.2, 0) is 6.42 Å². The molecule has 0 aromatic heterocycles. The lowest BCUT2D eigenvalue weighted by atomic mass is 10.0. The first kappa shape index (κ1) is 23.6. The Labute approximate surface area is 192 Å². The molecule has 0 radical (unpaired) electrons. The van der Waals surface area contributed by atoms with E-state index in [0.29, 0.717) is 5.56 Å². The van der Waals surface area contributed by atoms with Gasteiger partial charge in [0.15, 0.2) is 0 Å². The predicted octanol–water partition coefficient (Wildman–Crippen LogP) is 7.91. The number of ether oxygens (including phenoxy) is 1. The van der Waals surface area contributed by atoms with Gasteiger partial charge in [-0.2, -0.15) is 0 Å². The Hall–Kier alpha value is -3.07. The van der Waals surface area contributed by atoms with Gasteiger partial charge in [0.05, 0.1) is 6.61 Å². The number of hydrogen-bond donors (Lipinski definition) is 1. The summed E-state index contributed by atoms with van der Waals surface area (Å²) < 4.78 is 5.78. The molecule has 3 aromatic rings. The van der Waals surface area contributed by atoms with Crippen LogP contribution in [0.15, 0.2) is 72.8 Å². The van der Waals surface area contributed by atoms with Crippen LogP contribution in [0, 0.1) is 0 Å². The Morgan fingerprint density at radius 1 is 0.719 bits per heavy atom. The number of hydrogen-bond acceptors (Lipinski definition) is 2. The molecule has 3 aromatic carbocycles. The second kappa shape index (κ2) is 12.7. The van der Waals surface area contributed by atoms with E-state index < -0.39 is 0 Å². The Balaban J connectivity index is 1.54. The van der Waals surface area contributed by atoms with Gasteiger partial charge in [0.1, 0.15) is 5.75 Å². The molecule has 32 heavy (non-hydrogen) atoms. The number of amides is 1. The lowest BCUT2D eigenvalue weighted by Gasteiger charge is -2.09. The van der Waals surface area contributed by atoms with Crippen molar-refractivity contribution in [3.63, 3.8) is 0 Å². The predicted molar refractivity (Wildman–Crippen MR) is 135 cm³/mol. The molecule has 0 fully saturated rings. The van der Waals surface area contributed by atoms with Crippen LogP contribution in [-0.4, -0.2) is 12.5 Å². The molecular formula is C29H35NO2. The lowest BCUT2D eigenvalue weighted by molar-refractivity contribution is 0.102. The van der Waals surface area contributed by atoms with Gasteiger partial charge in [0.25, 0.3) is 5.91 Å². The summed E-state index contributed by atoms with van der Waals surface area (Å²) >= 11 is 0. The minimum absolute atomic E-state index is 0.0916. The van der Waals surface area contributed by atoms with Crippen molar-refractivity contribution in [3.05, 3.63) is 83.9 Å². The van der Waals surface area contributed by atoms with Crippen molar-refractivity contribution in [1.82, 2.24) is 0 Å². The molecule has 1 N–H and O–H groups in total. The van der Waals surface area contributed by atoms with Crippen molar-refractivity contribution in [3.8, 4) is 16.9 Å². The van der Waals surface area contributed by atoms with Crippen LogP contribution in [0.5, 0.6) is 5.75 Å². The minimum atomic E-state index is -0.0916. The van der Waals surface area contributed by atoms with Gasteiger partial charge in [0, 0.05) is 11.3 Å². The lowest BCUT2D eigenvalue weighted by Crippen LogP contribution is -2.11. The molecule has 0 saturated carbocycles. The molecule has 0 unspecified atom stereocenters. The second-order valence-corrected chi connectivity index (χ2v) is 8.27. The highest BCUT2D eigenvalue weighted by Gasteiger charge is 2.07. The third kappa shape index (κ3) is 7.26. The zero-order chi connectivity index (χ0) is 22.6. The molecule has 1 amide bonds. The number of rotatable bonds is 12. The van der Waals surface area contributed by atoms with Gasteiger partial charge in [-0.3, -0.25) is 4.79 Å². The monoisotopic (exact) mass is 429 g/mol. The Morgan fingerprint density at radius 3 is 1.94 bits per heavy atom. The summed E-state index contributed by atoms with van der Waals surface area (Å²) in [6.07, 6.45) is 8.27. The normalized spacial score (nSPS) is 10.7. The van der Waals surface area contributed by atoms with Crippen LogP contribution < -0.4 is 10.1 Å². The van der Waals surface area contributed by atoms with E-state index in [1.165, 1.54) is 37.7 Å². The van der Waals surface area contributed by atoms with Crippen molar-refractivity contribution in [2.24, 2.45) is 0 Å². The number of benzene rings is 3. The fourth-order valence-corrected chi connectivity index (χ4v) is 3.64. The van der Waals surface area contributed by atoms with Crippen LogP contribution in [0.25, 0.3) is 11.1 Å². The highest BCUT2D eigenvalue weighted by atomic mass is 16.5. The van der Waals surface area contributed by atoms with Gasteiger partial charge in [-0.1, -0.05) is 75.9 Å². The topological polar surface area (TPSA) is 38.3 Å². The summed E-state index contributed by atoms with van der Waals surface area (Å²) in [5, 5.41) is 2.99. The quantitative estimate of drug-likeness (QED) is 0.297. The van der Waals surface area contributed by atoms with Gasteiger partial charge in [-0.25, -0.2) is 0 Å². The largest absolute Gasteiger partial charge is 0.494 e. The molecule has 0 bridgehead atoms. The summed E-state index contributed by atoms with van der Waals surface area (Å²) in [4.78, 5) is 12.6. The molecule has 0 saturated heterocycles. The molecule has 0 aliphatic rings. The summed E-state index contributed by atoms with van der Waals surface area (Å²) in [6.45, 7) is 5.17. The number of aryl methyl sites for hydroxylation is 1. The molecule has 168 valence electrons. The maximum Gasteiger partial charge on any atom is 0.255 e. The zero-order valence-corrected chi connectivity index (χ0v) is 19.4. The molecule has 0 aliphatic heterocycles. The average molecular weight is 430 g/mol. The van der Waals surface area contributed by atoms with Gasteiger partial charge in [-0.15, -0.1) is 0 Å². The second-order valence-electron chi connectivity index (χ2n) is 8.27. The Kier molecular flexibility index (Phi) is 9.37. The third-order valence-electron chi connectivity index (χ3n) is 5.63. The van der Waals surface area contributed by atoms with Gasteiger partial charge in [-0.05, 0) is 72.4 Å². The third-order valence-corrected chi connectivity index (χ3v) is 5.63. The van der Waals surface area contributed by atoms with E-state index in [1.54, 1.807) is 0 Å². The summed E-state index contributed by atoms with van der Waals surface area (Å²) in [6, 6.07) is 24.0. The van der Waals surface area contributed by atoms with Gasteiger partial charge >= 0.3 is 0 Å². The van der Waals surface area contributed by atoms with E-state index in [1.807, 2.05) is 48.5 Å². The number of carbonyl (C=O) groups is 1. The number of carbonyl (C=O) groups excluding carboxylic acids is 1. The van der Waals surface area contributed by atoms with E-state index in [4.69, 9.17) is 4.74 Å². The van der Waals surface area contributed by atoms with Gasteiger partial charge < -0.3 is 10.1 Å². The van der Waals surface area contributed by atoms with E-state index in [0.717, 1.165) is 42.0 Å². The summed E-state index contributed by atoms with van der Waals surface area (Å²) in [5.74, 6) is 0.809.